The summed E-state index contributed by atoms with van der Waals surface area (Å²) in [6.07, 6.45) is 4.94. The third kappa shape index (κ3) is 1.42. The summed E-state index contributed by atoms with van der Waals surface area (Å²) in [5, 5.41) is 0. The molecule has 2 aromatic rings. The molecular weight excluding hydrogens is 270 g/mol. The largest absolute Gasteiger partial charge is 0.368 e. The molecule has 0 aromatic carbocycles. The Bertz CT molecular complexity index is 755. The van der Waals surface area contributed by atoms with Crippen LogP contribution in [0.25, 0.3) is 11.2 Å². The fourth-order valence-electron chi connectivity index (χ4n) is 4.20. The lowest BCUT2D eigenvalue weighted by Gasteiger charge is -2.21. The second kappa shape index (κ2) is 3.53. The van der Waals surface area contributed by atoms with E-state index in [1.165, 1.54) is 0 Å². The number of anilines is 1. The molecule has 0 spiro atoms. The van der Waals surface area contributed by atoms with E-state index in [2.05, 4.69) is 19.1 Å². The smallest absolute Gasteiger partial charge is 0.261 e. The first-order chi connectivity index (χ1) is 10.0. The number of imidazole rings is 1. The zero-order valence-electron chi connectivity index (χ0n) is 12.1. The van der Waals surface area contributed by atoms with Gasteiger partial charge in [0.1, 0.15) is 12.1 Å². The highest BCUT2D eigenvalue weighted by Gasteiger charge is 2.57. The number of hydrogen-bond acceptors (Lipinski definition) is 5. The molecular formula is C14H18N5O2+. The van der Waals surface area contributed by atoms with E-state index >= 15 is 0 Å². The van der Waals surface area contributed by atoms with Crippen molar-refractivity contribution >= 4 is 17.0 Å². The topological polar surface area (TPSA) is 79.1 Å². The number of nitrogens with zero attached hydrogens (tertiary/aromatic N) is 4. The molecule has 4 atom stereocenters. The lowest BCUT2D eigenvalue weighted by Crippen LogP contribution is -2.44. The average Bonchev–Trinajstić information content (AvgIpc) is 3.02. The van der Waals surface area contributed by atoms with E-state index in [4.69, 9.17) is 15.2 Å². The Morgan fingerprint density at radius 1 is 1.33 bits per heavy atom. The number of nitrogen functional groups attached to an aromatic ring is 1. The first kappa shape index (κ1) is 11.9. The molecule has 2 aromatic heterocycles. The molecule has 2 fully saturated rings. The van der Waals surface area contributed by atoms with Gasteiger partial charge in [0.05, 0.1) is 12.6 Å². The predicted molar refractivity (Wildman–Crippen MR) is 73.1 cm³/mol. The van der Waals surface area contributed by atoms with Gasteiger partial charge in [-0.25, -0.2) is 14.1 Å². The first-order valence-electron chi connectivity index (χ1n) is 7.39. The van der Waals surface area contributed by atoms with Crippen LogP contribution in [0.5, 0.6) is 0 Å². The van der Waals surface area contributed by atoms with Crippen molar-refractivity contribution in [1.82, 2.24) is 14.5 Å². The molecule has 0 radical (unpaired) electrons. The van der Waals surface area contributed by atoms with Gasteiger partial charge in [-0.15, -0.1) is 0 Å². The molecule has 1 saturated heterocycles. The Labute approximate surface area is 121 Å². The molecule has 7 nitrogen and oxygen atoms in total. The van der Waals surface area contributed by atoms with E-state index in [9.17, 15) is 0 Å². The van der Waals surface area contributed by atoms with Gasteiger partial charge in [0.25, 0.3) is 5.65 Å². The van der Waals surface area contributed by atoms with E-state index in [0.29, 0.717) is 11.7 Å². The Balaban J connectivity index is 1.72. The molecule has 2 N–H and O–H groups in total. The van der Waals surface area contributed by atoms with E-state index < -0.39 is 5.79 Å². The number of hydrogen-bond donors (Lipinski definition) is 1. The van der Waals surface area contributed by atoms with Gasteiger partial charge >= 0.3 is 0 Å². The molecule has 7 heteroatoms. The molecule has 1 aliphatic carbocycles. The van der Waals surface area contributed by atoms with Crippen molar-refractivity contribution in [2.75, 3.05) is 5.73 Å². The molecule has 2 bridgehead atoms. The van der Waals surface area contributed by atoms with Gasteiger partial charge in [-0.05, 0) is 20.3 Å². The van der Waals surface area contributed by atoms with Crippen LogP contribution < -0.4 is 10.3 Å². The first-order valence-corrected chi connectivity index (χ1v) is 7.39. The van der Waals surface area contributed by atoms with Crippen molar-refractivity contribution in [2.45, 2.75) is 50.8 Å². The van der Waals surface area contributed by atoms with Gasteiger partial charge in [0.15, 0.2) is 17.6 Å². The summed E-state index contributed by atoms with van der Waals surface area (Å²) in [6.45, 7) is 4.84. The highest BCUT2D eigenvalue weighted by atomic mass is 16.8. The molecule has 4 heterocycles. The van der Waals surface area contributed by atoms with E-state index in [1.54, 1.807) is 0 Å². The van der Waals surface area contributed by atoms with Crippen LogP contribution >= 0.6 is 0 Å². The van der Waals surface area contributed by atoms with E-state index in [-0.39, 0.29) is 18.2 Å². The molecule has 1 saturated carbocycles. The molecule has 110 valence electrons. The summed E-state index contributed by atoms with van der Waals surface area (Å²) in [5.41, 5.74) is 7.78. The maximum Gasteiger partial charge on any atom is 0.261 e. The Kier molecular flexibility index (Phi) is 2.00. The lowest BCUT2D eigenvalue weighted by atomic mass is 10.1. The van der Waals surface area contributed by atoms with Crippen LogP contribution in [0.1, 0.15) is 26.3 Å². The molecule has 3 aliphatic rings. The van der Waals surface area contributed by atoms with Gasteiger partial charge in [-0.2, -0.15) is 0 Å². The number of ether oxygens (including phenoxy) is 2. The fraction of sp³-hybridized carbons (Fsp3) is 0.643. The average molecular weight is 288 g/mol. The summed E-state index contributed by atoms with van der Waals surface area (Å²) in [6, 6.07) is 0.252. The summed E-state index contributed by atoms with van der Waals surface area (Å²) < 4.78 is 16.6. The van der Waals surface area contributed by atoms with E-state index in [0.717, 1.165) is 24.1 Å². The third-order valence-electron chi connectivity index (χ3n) is 4.96. The SMILES string of the molecule is CC1(C)OC2C3CC(C2O1)n1cnc2c(N)nc[n+](c21)C3. The van der Waals surface area contributed by atoms with Crippen LogP contribution in [0.2, 0.25) is 0 Å². The second-order valence-corrected chi connectivity index (χ2v) is 6.73. The molecule has 5 rings (SSSR count). The van der Waals surface area contributed by atoms with Gasteiger partial charge in [0, 0.05) is 5.92 Å². The zero-order chi connectivity index (χ0) is 14.4. The third-order valence-corrected chi connectivity index (χ3v) is 4.96. The summed E-state index contributed by atoms with van der Waals surface area (Å²) in [4.78, 5) is 8.71. The van der Waals surface area contributed by atoms with Crippen molar-refractivity contribution in [2.24, 2.45) is 5.92 Å². The van der Waals surface area contributed by atoms with Crippen LogP contribution in [-0.4, -0.2) is 32.5 Å². The summed E-state index contributed by atoms with van der Waals surface area (Å²) in [7, 11) is 0. The molecule has 2 aliphatic heterocycles. The Morgan fingerprint density at radius 2 is 2.14 bits per heavy atom. The van der Waals surface area contributed by atoms with Crippen molar-refractivity contribution < 1.29 is 14.0 Å². The van der Waals surface area contributed by atoms with Crippen LogP contribution in [-0.2, 0) is 16.0 Å². The molecule has 4 unspecified atom stereocenters. The maximum atomic E-state index is 6.16. The second-order valence-electron chi connectivity index (χ2n) is 6.73. The number of fused-ring (bicyclic) bond motifs is 6. The van der Waals surface area contributed by atoms with Crippen LogP contribution in [0.4, 0.5) is 5.82 Å². The Morgan fingerprint density at radius 3 is 3.00 bits per heavy atom. The molecule has 0 amide bonds. The minimum atomic E-state index is -0.510. The van der Waals surface area contributed by atoms with Crippen molar-refractivity contribution in [3.8, 4) is 0 Å². The maximum absolute atomic E-state index is 6.16. The minimum absolute atomic E-state index is 0.0885. The van der Waals surface area contributed by atoms with Crippen molar-refractivity contribution in [1.29, 1.82) is 0 Å². The van der Waals surface area contributed by atoms with Crippen molar-refractivity contribution in [3.05, 3.63) is 12.7 Å². The standard InChI is InChI=1S/C14H17N5O2/c1-14(2)20-10-7-3-8(11(10)21-14)19-6-16-9-12(15)17-5-18(4-7)13(9)19/h5-8,10-11,15H,3-4H2,1-2H3/p+1. The van der Waals surface area contributed by atoms with Gasteiger partial charge < -0.3 is 15.2 Å². The van der Waals surface area contributed by atoms with Gasteiger partial charge in [-0.3, -0.25) is 0 Å². The van der Waals surface area contributed by atoms with Crippen LogP contribution in [0.15, 0.2) is 12.7 Å². The predicted octanol–water partition coefficient (Wildman–Crippen LogP) is 0.396. The number of rotatable bonds is 0. The normalized spacial score (nSPS) is 35.9. The fourth-order valence-corrected chi connectivity index (χ4v) is 4.20. The summed E-state index contributed by atoms with van der Waals surface area (Å²) >= 11 is 0. The quantitative estimate of drug-likeness (QED) is 0.710. The zero-order valence-corrected chi connectivity index (χ0v) is 12.1. The lowest BCUT2D eigenvalue weighted by molar-refractivity contribution is -0.683. The monoisotopic (exact) mass is 288 g/mol. The number of aromatic nitrogens is 4. The van der Waals surface area contributed by atoms with Gasteiger partial charge in [-0.1, -0.05) is 4.98 Å². The minimum Gasteiger partial charge on any atom is -0.368 e. The summed E-state index contributed by atoms with van der Waals surface area (Å²) in [5.74, 6) is 0.406. The highest BCUT2D eigenvalue weighted by Crippen LogP contribution is 2.48. The van der Waals surface area contributed by atoms with Crippen molar-refractivity contribution in [3.63, 3.8) is 0 Å². The van der Waals surface area contributed by atoms with E-state index in [1.807, 2.05) is 26.5 Å². The Hall–Kier alpha value is -1.73. The van der Waals surface area contributed by atoms with Crippen LogP contribution in [0.3, 0.4) is 0 Å². The van der Waals surface area contributed by atoms with Crippen LogP contribution in [0, 0.1) is 5.92 Å². The highest BCUT2D eigenvalue weighted by molar-refractivity contribution is 5.79. The molecule has 21 heavy (non-hydrogen) atoms. The van der Waals surface area contributed by atoms with Gasteiger partial charge in [0.2, 0.25) is 12.1 Å². The number of nitrogens with two attached hydrogens (primary N) is 1.